The molecule has 3 aromatic rings. The van der Waals surface area contributed by atoms with Gasteiger partial charge in [-0.3, -0.25) is 4.79 Å². The Balaban J connectivity index is 1.59. The van der Waals surface area contributed by atoms with Crippen LogP contribution in [-0.2, 0) is 27.7 Å². The Kier molecular flexibility index (Phi) is 6.38. The number of aromatic nitrogens is 1. The summed E-state index contributed by atoms with van der Waals surface area (Å²) < 4.78 is 22.6. The first-order chi connectivity index (χ1) is 12.9. The van der Waals surface area contributed by atoms with Crippen molar-refractivity contribution in [2.24, 2.45) is 5.14 Å². The van der Waals surface area contributed by atoms with Gasteiger partial charge < -0.3 is 5.32 Å². The molecule has 1 amide bonds. The summed E-state index contributed by atoms with van der Waals surface area (Å²) in [6.45, 7) is 0. The van der Waals surface area contributed by atoms with Crippen molar-refractivity contribution in [1.82, 2.24) is 10.3 Å². The Morgan fingerprint density at radius 2 is 1.93 bits per heavy atom. The number of thiophene rings is 1. The number of aryl methyl sites for hydroxylation is 1. The molecule has 0 bridgehead atoms. The molecule has 2 aromatic heterocycles. The minimum absolute atomic E-state index is 0.0653. The van der Waals surface area contributed by atoms with Gasteiger partial charge in [-0.05, 0) is 35.6 Å². The summed E-state index contributed by atoms with van der Waals surface area (Å²) in [4.78, 5) is 18.0. The van der Waals surface area contributed by atoms with Crippen molar-refractivity contribution in [3.63, 3.8) is 0 Å². The number of nitrogens with one attached hydrogen (secondary N) is 1. The fourth-order valence-corrected chi connectivity index (χ4v) is 4.56. The standard InChI is InChI=1S/C18H19N3O3S3/c19-27(23,24)15-6-3-13(4-7-15)5-8-17(22)21-16(18-20-9-11-26-18)12-14-2-1-10-25-14/h1-4,6-7,9-11,16H,5,8,12H2,(H,21,22)(H2,19,23,24). The van der Waals surface area contributed by atoms with Gasteiger partial charge in [0.2, 0.25) is 15.9 Å². The van der Waals surface area contributed by atoms with Crippen LogP contribution in [0.4, 0.5) is 0 Å². The first-order valence-corrected chi connectivity index (χ1v) is 11.6. The van der Waals surface area contributed by atoms with Crippen LogP contribution in [0.1, 0.15) is 27.9 Å². The third-order valence-electron chi connectivity index (χ3n) is 3.96. The van der Waals surface area contributed by atoms with Gasteiger partial charge in [0.05, 0.1) is 10.9 Å². The molecular weight excluding hydrogens is 402 g/mol. The van der Waals surface area contributed by atoms with E-state index in [2.05, 4.69) is 10.3 Å². The van der Waals surface area contributed by atoms with Crippen LogP contribution < -0.4 is 10.5 Å². The first kappa shape index (κ1) is 19.7. The van der Waals surface area contributed by atoms with Crippen molar-refractivity contribution in [2.45, 2.75) is 30.2 Å². The summed E-state index contributed by atoms with van der Waals surface area (Å²) in [6, 6.07) is 10.2. The first-order valence-electron chi connectivity index (χ1n) is 8.25. The van der Waals surface area contributed by atoms with Crippen molar-refractivity contribution in [3.8, 4) is 0 Å². The molecule has 9 heteroatoms. The van der Waals surface area contributed by atoms with Gasteiger partial charge >= 0.3 is 0 Å². The van der Waals surface area contributed by atoms with Crippen LogP contribution >= 0.6 is 22.7 Å². The van der Waals surface area contributed by atoms with Gasteiger partial charge in [-0.25, -0.2) is 18.5 Å². The van der Waals surface area contributed by atoms with Crippen molar-refractivity contribution in [2.75, 3.05) is 0 Å². The highest BCUT2D eigenvalue weighted by molar-refractivity contribution is 7.89. The SMILES string of the molecule is NS(=O)(=O)c1ccc(CCC(=O)NC(Cc2cccs2)c2nccs2)cc1. The molecular formula is C18H19N3O3S3. The molecule has 2 heterocycles. The maximum Gasteiger partial charge on any atom is 0.238 e. The van der Waals surface area contributed by atoms with Gasteiger partial charge in [0.1, 0.15) is 5.01 Å². The summed E-state index contributed by atoms with van der Waals surface area (Å²) in [5.74, 6) is -0.0673. The van der Waals surface area contributed by atoms with Gasteiger partial charge in [0.15, 0.2) is 0 Å². The van der Waals surface area contributed by atoms with E-state index in [4.69, 9.17) is 5.14 Å². The van der Waals surface area contributed by atoms with E-state index in [9.17, 15) is 13.2 Å². The Hall–Kier alpha value is -2.07. The third-order valence-corrected chi connectivity index (χ3v) is 6.68. The molecule has 0 spiro atoms. The predicted molar refractivity (Wildman–Crippen MR) is 107 cm³/mol. The summed E-state index contributed by atoms with van der Waals surface area (Å²) in [7, 11) is -3.70. The molecule has 3 rings (SSSR count). The number of thiazole rings is 1. The monoisotopic (exact) mass is 421 g/mol. The molecule has 142 valence electrons. The highest BCUT2D eigenvalue weighted by Gasteiger charge is 2.18. The lowest BCUT2D eigenvalue weighted by atomic mass is 10.1. The summed E-state index contributed by atoms with van der Waals surface area (Å²) in [5.41, 5.74) is 0.876. The molecule has 27 heavy (non-hydrogen) atoms. The number of hydrogen-bond acceptors (Lipinski definition) is 6. The predicted octanol–water partition coefficient (Wildman–Crippen LogP) is 2.88. The van der Waals surface area contributed by atoms with Crippen LogP contribution in [0.2, 0.25) is 0 Å². The van der Waals surface area contributed by atoms with E-state index in [0.29, 0.717) is 19.3 Å². The Morgan fingerprint density at radius 1 is 1.15 bits per heavy atom. The number of carbonyl (C=O) groups excluding carboxylic acids is 1. The fourth-order valence-electron chi connectivity index (χ4n) is 2.61. The topological polar surface area (TPSA) is 102 Å². The number of carbonyl (C=O) groups is 1. The van der Waals surface area contributed by atoms with Crippen molar-refractivity contribution in [3.05, 3.63) is 68.8 Å². The normalized spacial score (nSPS) is 12.6. The molecule has 0 aliphatic carbocycles. The number of amides is 1. The van der Waals surface area contributed by atoms with E-state index in [1.807, 2.05) is 22.9 Å². The van der Waals surface area contributed by atoms with Gasteiger partial charge in [-0.15, -0.1) is 22.7 Å². The molecule has 0 aliphatic heterocycles. The highest BCUT2D eigenvalue weighted by Crippen LogP contribution is 2.23. The number of nitrogens with zero attached hydrogens (tertiary/aromatic N) is 1. The molecule has 1 unspecified atom stereocenters. The summed E-state index contributed by atoms with van der Waals surface area (Å²) in [5, 5.41) is 13.0. The number of benzene rings is 1. The summed E-state index contributed by atoms with van der Waals surface area (Å²) in [6.07, 6.45) is 3.27. The van der Waals surface area contributed by atoms with E-state index < -0.39 is 10.0 Å². The van der Waals surface area contributed by atoms with E-state index in [1.165, 1.54) is 28.3 Å². The van der Waals surface area contributed by atoms with Crippen LogP contribution in [0.15, 0.2) is 58.3 Å². The third kappa shape index (κ3) is 5.70. The lowest BCUT2D eigenvalue weighted by molar-refractivity contribution is -0.121. The molecule has 3 N–H and O–H groups in total. The quantitative estimate of drug-likeness (QED) is 0.584. The Labute approximate surface area is 166 Å². The zero-order valence-electron chi connectivity index (χ0n) is 14.4. The van der Waals surface area contributed by atoms with Crippen LogP contribution in [0.5, 0.6) is 0 Å². The second-order valence-corrected chi connectivity index (χ2v) is 9.48. The van der Waals surface area contributed by atoms with Gasteiger partial charge in [-0.2, -0.15) is 0 Å². The molecule has 0 saturated heterocycles. The van der Waals surface area contributed by atoms with Crippen LogP contribution in [-0.4, -0.2) is 19.3 Å². The molecule has 1 atom stereocenters. The zero-order chi connectivity index (χ0) is 19.3. The molecule has 0 saturated carbocycles. The van der Waals surface area contributed by atoms with E-state index in [0.717, 1.165) is 10.6 Å². The van der Waals surface area contributed by atoms with Gasteiger partial charge in [0, 0.05) is 29.3 Å². The van der Waals surface area contributed by atoms with Crippen molar-refractivity contribution in [1.29, 1.82) is 0 Å². The lowest BCUT2D eigenvalue weighted by Crippen LogP contribution is -2.29. The number of rotatable bonds is 8. The second-order valence-electron chi connectivity index (χ2n) is 5.96. The Morgan fingerprint density at radius 3 is 2.52 bits per heavy atom. The second kappa shape index (κ2) is 8.75. The van der Waals surface area contributed by atoms with Crippen LogP contribution in [0.3, 0.4) is 0 Å². The van der Waals surface area contributed by atoms with Gasteiger partial charge in [-0.1, -0.05) is 18.2 Å². The highest BCUT2D eigenvalue weighted by atomic mass is 32.2. The van der Waals surface area contributed by atoms with Crippen LogP contribution in [0.25, 0.3) is 0 Å². The molecule has 0 radical (unpaired) electrons. The number of primary sulfonamides is 1. The minimum atomic E-state index is -3.70. The fraction of sp³-hybridized carbons (Fsp3) is 0.222. The van der Waals surface area contributed by atoms with E-state index >= 15 is 0 Å². The van der Waals surface area contributed by atoms with Crippen molar-refractivity contribution >= 4 is 38.6 Å². The lowest BCUT2D eigenvalue weighted by Gasteiger charge is -2.16. The molecule has 6 nitrogen and oxygen atoms in total. The smallest absolute Gasteiger partial charge is 0.238 e. The maximum atomic E-state index is 12.4. The molecule has 0 aliphatic rings. The van der Waals surface area contributed by atoms with E-state index in [1.54, 1.807) is 29.7 Å². The Bertz CT molecular complexity index is 967. The maximum absolute atomic E-state index is 12.4. The van der Waals surface area contributed by atoms with Crippen LogP contribution in [0, 0.1) is 0 Å². The van der Waals surface area contributed by atoms with Crippen molar-refractivity contribution < 1.29 is 13.2 Å². The summed E-state index contributed by atoms with van der Waals surface area (Å²) >= 11 is 3.18. The number of hydrogen-bond donors (Lipinski definition) is 2. The average molecular weight is 422 g/mol. The molecule has 0 fully saturated rings. The largest absolute Gasteiger partial charge is 0.346 e. The number of sulfonamides is 1. The van der Waals surface area contributed by atoms with Gasteiger partial charge in [0.25, 0.3) is 0 Å². The average Bonchev–Trinajstić information content (AvgIpc) is 3.33. The van der Waals surface area contributed by atoms with E-state index in [-0.39, 0.29) is 16.8 Å². The molecule has 1 aromatic carbocycles. The number of nitrogens with two attached hydrogens (primary N) is 1. The zero-order valence-corrected chi connectivity index (χ0v) is 16.8. The minimum Gasteiger partial charge on any atom is -0.346 e.